The molecule has 0 N–H and O–H groups in total. The van der Waals surface area contributed by atoms with Crippen molar-refractivity contribution in [3.05, 3.63) is 58.3 Å². The van der Waals surface area contributed by atoms with E-state index < -0.39 is 0 Å². The number of nitrogens with zero attached hydrogens (tertiary/aromatic N) is 2. The Kier molecular flexibility index (Phi) is 5.07. The van der Waals surface area contributed by atoms with Crippen LogP contribution in [0.4, 0.5) is 0 Å². The van der Waals surface area contributed by atoms with Gasteiger partial charge in [-0.05, 0) is 36.3 Å². The molecular formula is C21H24N2O2S. The zero-order valence-electron chi connectivity index (χ0n) is 14.8. The average Bonchev–Trinajstić information content (AvgIpc) is 3.04. The van der Waals surface area contributed by atoms with Crippen LogP contribution < -0.4 is 0 Å². The summed E-state index contributed by atoms with van der Waals surface area (Å²) in [6.45, 7) is 1.92. The summed E-state index contributed by atoms with van der Waals surface area (Å²) in [5.41, 5.74) is 1.16. The number of hydrogen-bond acceptors (Lipinski definition) is 3. The fraction of sp³-hybridized carbons (Fsp3) is 0.429. The molecule has 3 aliphatic rings. The van der Waals surface area contributed by atoms with Gasteiger partial charge in [-0.25, -0.2) is 0 Å². The molecule has 3 saturated heterocycles. The van der Waals surface area contributed by atoms with Crippen molar-refractivity contribution < 1.29 is 9.59 Å². The van der Waals surface area contributed by atoms with Crippen LogP contribution in [0.3, 0.4) is 0 Å². The standard InChI is InChI=1S/C21H24N2O2S/c24-20(11-10-19-7-4-12-26-19)22-14-17-8-9-18(15-22)23(21(17)25)13-16-5-2-1-3-6-16/h1-7,12,17-18H,8-11,13-15H2/t17-,18+/m0/s1. The maximum absolute atomic E-state index is 12.9. The normalized spacial score (nSPS) is 22.5. The van der Waals surface area contributed by atoms with E-state index in [1.807, 2.05) is 39.4 Å². The lowest BCUT2D eigenvalue weighted by Crippen LogP contribution is -2.47. The van der Waals surface area contributed by atoms with E-state index in [1.165, 1.54) is 4.88 Å². The number of piperidine rings is 1. The second kappa shape index (κ2) is 7.62. The molecule has 1 aromatic carbocycles. The van der Waals surface area contributed by atoms with E-state index >= 15 is 0 Å². The number of thiophene rings is 1. The summed E-state index contributed by atoms with van der Waals surface area (Å²) in [5, 5.41) is 2.05. The van der Waals surface area contributed by atoms with Gasteiger partial charge in [0.25, 0.3) is 0 Å². The Morgan fingerprint density at radius 2 is 1.92 bits per heavy atom. The zero-order valence-corrected chi connectivity index (χ0v) is 15.7. The largest absolute Gasteiger partial charge is 0.340 e. The predicted molar refractivity (Wildman–Crippen MR) is 103 cm³/mol. The molecule has 0 aliphatic carbocycles. The third-order valence-electron chi connectivity index (χ3n) is 5.51. The summed E-state index contributed by atoms with van der Waals surface area (Å²) in [7, 11) is 0. The van der Waals surface area contributed by atoms with Crippen molar-refractivity contribution in [3.63, 3.8) is 0 Å². The molecule has 4 nitrogen and oxygen atoms in total. The minimum atomic E-state index is -0.0387. The number of carbonyl (C=O) groups excluding carboxylic acids is 2. The first-order chi connectivity index (χ1) is 12.7. The molecule has 5 rings (SSSR count). The molecule has 0 saturated carbocycles. The fourth-order valence-electron chi connectivity index (χ4n) is 4.08. The SMILES string of the molecule is O=C(CCc1cccs1)N1C[C@@H]2CC[C@H](C1)N(Cc1ccccc1)C2=O. The molecule has 26 heavy (non-hydrogen) atoms. The van der Waals surface area contributed by atoms with Gasteiger partial charge < -0.3 is 9.80 Å². The predicted octanol–water partition coefficient (Wildman–Crippen LogP) is 3.33. The van der Waals surface area contributed by atoms with Gasteiger partial charge in [-0.1, -0.05) is 36.4 Å². The van der Waals surface area contributed by atoms with Crippen molar-refractivity contribution in [2.45, 2.75) is 38.3 Å². The number of rotatable bonds is 5. The van der Waals surface area contributed by atoms with Crippen molar-refractivity contribution in [2.75, 3.05) is 13.1 Å². The van der Waals surface area contributed by atoms with Crippen molar-refractivity contribution >= 4 is 23.2 Å². The van der Waals surface area contributed by atoms with Crippen molar-refractivity contribution in [3.8, 4) is 0 Å². The summed E-state index contributed by atoms with van der Waals surface area (Å²) < 4.78 is 0. The molecule has 0 radical (unpaired) electrons. The minimum Gasteiger partial charge on any atom is -0.340 e. The van der Waals surface area contributed by atoms with E-state index in [0.717, 1.165) is 24.8 Å². The van der Waals surface area contributed by atoms with Gasteiger partial charge in [0.1, 0.15) is 0 Å². The molecule has 5 heteroatoms. The lowest BCUT2D eigenvalue weighted by molar-refractivity contribution is -0.140. The number of amides is 2. The minimum absolute atomic E-state index is 0.0387. The summed E-state index contributed by atoms with van der Waals surface area (Å²) in [6.07, 6.45) is 3.23. The highest BCUT2D eigenvalue weighted by Crippen LogP contribution is 2.30. The Morgan fingerprint density at radius 1 is 1.08 bits per heavy atom. The number of carbonyl (C=O) groups is 2. The van der Waals surface area contributed by atoms with E-state index in [1.54, 1.807) is 11.3 Å². The summed E-state index contributed by atoms with van der Waals surface area (Å²) in [5.74, 6) is 0.367. The van der Waals surface area contributed by atoms with E-state index in [9.17, 15) is 9.59 Å². The Hall–Kier alpha value is -2.14. The lowest BCUT2D eigenvalue weighted by atomic mass is 9.93. The summed E-state index contributed by atoms with van der Waals surface area (Å²) in [6, 6.07) is 14.4. The first-order valence-corrected chi connectivity index (χ1v) is 10.2. The molecule has 136 valence electrons. The summed E-state index contributed by atoms with van der Waals surface area (Å²) in [4.78, 5) is 30.9. The Labute approximate surface area is 158 Å². The van der Waals surface area contributed by atoms with Crippen LogP contribution in [0.1, 0.15) is 29.7 Å². The molecule has 0 spiro atoms. The van der Waals surface area contributed by atoms with Crippen LogP contribution in [0, 0.1) is 5.92 Å². The van der Waals surface area contributed by atoms with Gasteiger partial charge >= 0.3 is 0 Å². The maximum Gasteiger partial charge on any atom is 0.228 e. The highest BCUT2D eigenvalue weighted by Gasteiger charge is 2.41. The molecule has 2 atom stereocenters. The molecule has 3 fully saturated rings. The van der Waals surface area contributed by atoms with Gasteiger partial charge in [0, 0.05) is 37.0 Å². The Morgan fingerprint density at radius 3 is 2.69 bits per heavy atom. The highest BCUT2D eigenvalue weighted by atomic mass is 32.1. The van der Waals surface area contributed by atoms with Crippen molar-refractivity contribution in [2.24, 2.45) is 5.92 Å². The number of aryl methyl sites for hydroxylation is 1. The quantitative estimate of drug-likeness (QED) is 0.812. The van der Waals surface area contributed by atoms with E-state index in [4.69, 9.17) is 0 Å². The van der Waals surface area contributed by atoms with Gasteiger partial charge in [0.15, 0.2) is 0 Å². The van der Waals surface area contributed by atoms with E-state index in [-0.39, 0.29) is 23.8 Å². The van der Waals surface area contributed by atoms with Crippen LogP contribution in [0.5, 0.6) is 0 Å². The van der Waals surface area contributed by atoms with Crippen LogP contribution in [0.15, 0.2) is 47.8 Å². The van der Waals surface area contributed by atoms with Gasteiger partial charge in [-0.15, -0.1) is 11.3 Å². The van der Waals surface area contributed by atoms with Crippen molar-refractivity contribution in [1.82, 2.24) is 9.80 Å². The number of hydrogen-bond donors (Lipinski definition) is 0. The van der Waals surface area contributed by atoms with Crippen molar-refractivity contribution in [1.29, 1.82) is 0 Å². The molecule has 2 aromatic rings. The van der Waals surface area contributed by atoms with Gasteiger partial charge in [-0.3, -0.25) is 9.59 Å². The van der Waals surface area contributed by atoms with Crippen LogP contribution in [-0.2, 0) is 22.6 Å². The van der Waals surface area contributed by atoms with Crippen LogP contribution in [0.25, 0.3) is 0 Å². The monoisotopic (exact) mass is 368 g/mol. The lowest BCUT2D eigenvalue weighted by Gasteiger charge is -2.36. The third kappa shape index (κ3) is 3.68. The highest BCUT2D eigenvalue weighted by molar-refractivity contribution is 7.09. The molecule has 2 bridgehead atoms. The van der Waals surface area contributed by atoms with E-state index in [2.05, 4.69) is 18.2 Å². The van der Waals surface area contributed by atoms with Gasteiger partial charge in [0.2, 0.25) is 11.8 Å². The summed E-state index contributed by atoms with van der Waals surface area (Å²) >= 11 is 1.70. The smallest absolute Gasteiger partial charge is 0.228 e. The average molecular weight is 369 g/mol. The second-order valence-electron chi connectivity index (χ2n) is 7.26. The van der Waals surface area contributed by atoms with Crippen LogP contribution >= 0.6 is 11.3 Å². The van der Waals surface area contributed by atoms with Crippen LogP contribution in [0.2, 0.25) is 0 Å². The van der Waals surface area contributed by atoms with Crippen LogP contribution in [-0.4, -0.2) is 40.7 Å². The van der Waals surface area contributed by atoms with E-state index in [0.29, 0.717) is 26.1 Å². The van der Waals surface area contributed by atoms with Gasteiger partial charge in [0.05, 0.1) is 5.92 Å². The number of benzene rings is 1. The maximum atomic E-state index is 12.9. The fourth-order valence-corrected chi connectivity index (χ4v) is 4.78. The molecule has 1 aromatic heterocycles. The molecule has 4 heterocycles. The molecule has 0 unspecified atom stereocenters. The Balaban J connectivity index is 1.43. The molecule has 3 aliphatic heterocycles. The first-order valence-electron chi connectivity index (χ1n) is 9.35. The molecule has 2 amide bonds. The molecular weight excluding hydrogens is 344 g/mol. The second-order valence-corrected chi connectivity index (χ2v) is 8.29. The Bertz CT molecular complexity index is 760. The number of fused-ring (bicyclic) bond motifs is 4. The zero-order chi connectivity index (χ0) is 17.9. The first kappa shape index (κ1) is 17.3. The van der Waals surface area contributed by atoms with Gasteiger partial charge in [-0.2, -0.15) is 0 Å². The topological polar surface area (TPSA) is 40.6 Å². The third-order valence-corrected chi connectivity index (χ3v) is 6.44.